The van der Waals surface area contributed by atoms with Gasteiger partial charge in [-0.3, -0.25) is 0 Å². The van der Waals surface area contributed by atoms with Gasteiger partial charge in [0.15, 0.2) is 0 Å². The number of anilines is 1. The van der Waals surface area contributed by atoms with E-state index in [1.54, 1.807) is 0 Å². The zero-order chi connectivity index (χ0) is 13.3. The normalized spacial score (nSPS) is 16.9. The number of hydrogen-bond acceptors (Lipinski definition) is 2. The molecule has 1 aliphatic heterocycles. The van der Waals surface area contributed by atoms with Crippen LogP contribution in [0.3, 0.4) is 0 Å². The van der Waals surface area contributed by atoms with Gasteiger partial charge >= 0.3 is 6.09 Å². The molecule has 0 spiro atoms. The fourth-order valence-electron chi connectivity index (χ4n) is 2.35. The Morgan fingerprint density at radius 2 is 1.78 bits per heavy atom. The largest absolute Gasteiger partial charge is 0.465 e. The summed E-state index contributed by atoms with van der Waals surface area (Å²) in [6.45, 7) is 0.590. The van der Waals surface area contributed by atoms with Crippen LogP contribution in [0.1, 0.15) is 24.3 Å². The first-order valence-electron chi connectivity index (χ1n) is 5.71. The van der Waals surface area contributed by atoms with E-state index in [0.717, 1.165) is 12.1 Å². The second-order valence-corrected chi connectivity index (χ2v) is 4.44. The second-order valence-electron chi connectivity index (χ2n) is 4.44. The van der Waals surface area contributed by atoms with E-state index >= 15 is 0 Å². The Hall–Kier alpha value is -1.85. The smallest absolute Gasteiger partial charge is 0.407 e. The second kappa shape index (κ2) is 4.80. The lowest BCUT2D eigenvalue weighted by Gasteiger charge is -2.30. The number of nitrogens with zero attached hydrogens (tertiary/aromatic N) is 1. The van der Waals surface area contributed by atoms with Crippen molar-refractivity contribution in [3.8, 4) is 0 Å². The average Bonchev–Trinajstić information content (AvgIpc) is 2.28. The number of carbonyl (C=O) groups is 1. The number of hydrogen-bond donors (Lipinski definition) is 2. The van der Waals surface area contributed by atoms with Gasteiger partial charge in [-0.2, -0.15) is 0 Å². The fraction of sp³-hybridized carbons (Fsp3) is 0.417. The van der Waals surface area contributed by atoms with Gasteiger partial charge in [-0.1, -0.05) is 0 Å². The minimum atomic E-state index is -0.994. The molecular weight excluding hydrogens is 242 g/mol. The highest BCUT2D eigenvalue weighted by molar-refractivity contribution is 5.65. The first kappa shape index (κ1) is 12.6. The highest BCUT2D eigenvalue weighted by Gasteiger charge is 2.27. The van der Waals surface area contributed by atoms with Crippen molar-refractivity contribution in [1.82, 2.24) is 4.90 Å². The third kappa shape index (κ3) is 2.37. The van der Waals surface area contributed by atoms with Gasteiger partial charge in [-0.05, 0) is 30.9 Å². The van der Waals surface area contributed by atoms with Crippen molar-refractivity contribution in [2.45, 2.75) is 18.8 Å². The van der Waals surface area contributed by atoms with Gasteiger partial charge in [0.25, 0.3) is 0 Å². The molecule has 4 nitrogen and oxygen atoms in total. The molecule has 0 unspecified atom stereocenters. The molecule has 18 heavy (non-hydrogen) atoms. The maximum absolute atomic E-state index is 13.7. The van der Waals surface area contributed by atoms with E-state index in [4.69, 9.17) is 10.8 Å². The van der Waals surface area contributed by atoms with Gasteiger partial charge in [0.2, 0.25) is 0 Å². The van der Waals surface area contributed by atoms with E-state index < -0.39 is 17.7 Å². The summed E-state index contributed by atoms with van der Waals surface area (Å²) in [6.07, 6.45) is -0.152. The predicted octanol–water partition coefficient (Wildman–Crippen LogP) is 2.40. The SMILES string of the molecule is Nc1cc(F)c(C2CCN(C(=O)O)CC2)c(F)c1. The van der Waals surface area contributed by atoms with Gasteiger partial charge in [0.05, 0.1) is 0 Å². The summed E-state index contributed by atoms with van der Waals surface area (Å²) >= 11 is 0. The third-order valence-electron chi connectivity index (χ3n) is 3.28. The molecule has 0 bridgehead atoms. The minimum Gasteiger partial charge on any atom is -0.465 e. The van der Waals surface area contributed by atoms with Crippen LogP contribution in [0.4, 0.5) is 19.3 Å². The Morgan fingerprint density at radius 1 is 1.28 bits per heavy atom. The Labute approximate surface area is 103 Å². The highest BCUT2D eigenvalue weighted by atomic mass is 19.1. The molecule has 0 aromatic heterocycles. The van der Waals surface area contributed by atoms with Gasteiger partial charge in [0, 0.05) is 24.3 Å². The summed E-state index contributed by atoms with van der Waals surface area (Å²) in [7, 11) is 0. The monoisotopic (exact) mass is 256 g/mol. The number of likely N-dealkylation sites (tertiary alicyclic amines) is 1. The van der Waals surface area contributed by atoms with E-state index in [-0.39, 0.29) is 17.2 Å². The van der Waals surface area contributed by atoms with Crippen LogP contribution in [0.25, 0.3) is 0 Å². The number of piperidine rings is 1. The van der Waals surface area contributed by atoms with Gasteiger partial charge in [-0.25, -0.2) is 13.6 Å². The van der Waals surface area contributed by atoms with Gasteiger partial charge in [0.1, 0.15) is 11.6 Å². The highest BCUT2D eigenvalue weighted by Crippen LogP contribution is 2.32. The van der Waals surface area contributed by atoms with E-state index in [1.807, 2.05) is 0 Å². The minimum absolute atomic E-state index is 0.0224. The number of halogens is 2. The van der Waals surface area contributed by atoms with Crippen molar-refractivity contribution < 1.29 is 18.7 Å². The van der Waals surface area contributed by atoms with Crippen LogP contribution in [0, 0.1) is 11.6 Å². The molecule has 0 atom stereocenters. The number of benzene rings is 1. The van der Waals surface area contributed by atoms with Gasteiger partial charge < -0.3 is 15.7 Å². The van der Waals surface area contributed by atoms with Crippen molar-refractivity contribution in [3.63, 3.8) is 0 Å². The van der Waals surface area contributed by atoms with Gasteiger partial charge in [-0.15, -0.1) is 0 Å². The van der Waals surface area contributed by atoms with Crippen molar-refractivity contribution in [2.24, 2.45) is 0 Å². The molecule has 1 heterocycles. The summed E-state index contributed by atoms with van der Waals surface area (Å²) in [5.41, 5.74) is 5.43. The molecule has 0 radical (unpaired) electrons. The molecule has 0 aliphatic carbocycles. The van der Waals surface area contributed by atoms with Crippen LogP contribution >= 0.6 is 0 Å². The van der Waals surface area contributed by atoms with Crippen LogP contribution < -0.4 is 5.73 Å². The zero-order valence-electron chi connectivity index (χ0n) is 9.70. The maximum Gasteiger partial charge on any atom is 0.407 e. The predicted molar refractivity (Wildman–Crippen MR) is 62.3 cm³/mol. The lowest BCUT2D eigenvalue weighted by Crippen LogP contribution is -2.37. The third-order valence-corrected chi connectivity index (χ3v) is 3.28. The van der Waals surface area contributed by atoms with Crippen LogP contribution in [0.5, 0.6) is 0 Å². The number of amides is 1. The zero-order valence-corrected chi connectivity index (χ0v) is 9.70. The van der Waals surface area contributed by atoms with E-state index in [0.29, 0.717) is 25.9 Å². The van der Waals surface area contributed by atoms with Crippen LogP contribution in [0.15, 0.2) is 12.1 Å². The number of nitrogen functional groups attached to an aromatic ring is 1. The van der Waals surface area contributed by atoms with E-state index in [1.165, 1.54) is 4.90 Å². The first-order chi connectivity index (χ1) is 8.49. The molecule has 98 valence electrons. The Balaban J connectivity index is 2.17. The summed E-state index contributed by atoms with van der Waals surface area (Å²) in [5, 5.41) is 8.80. The molecule has 2 rings (SSSR count). The Bertz CT molecular complexity index is 448. The molecular formula is C12H14F2N2O2. The molecule has 1 aromatic carbocycles. The molecule has 1 saturated heterocycles. The molecule has 1 aliphatic rings. The molecule has 1 amide bonds. The van der Waals surface area contributed by atoms with Crippen LogP contribution in [0.2, 0.25) is 0 Å². The topological polar surface area (TPSA) is 66.6 Å². The average molecular weight is 256 g/mol. The van der Waals surface area contributed by atoms with Crippen LogP contribution in [-0.2, 0) is 0 Å². The molecule has 1 fully saturated rings. The lowest BCUT2D eigenvalue weighted by molar-refractivity contribution is 0.131. The number of rotatable bonds is 1. The Kier molecular flexibility index (Phi) is 3.36. The molecule has 1 aromatic rings. The van der Waals surface area contributed by atoms with E-state index in [2.05, 4.69) is 0 Å². The van der Waals surface area contributed by atoms with Crippen molar-refractivity contribution in [3.05, 3.63) is 29.3 Å². The number of carboxylic acid groups (broad SMARTS) is 1. The summed E-state index contributed by atoms with van der Waals surface area (Å²) in [6, 6.07) is 2.20. The molecule has 0 saturated carbocycles. The maximum atomic E-state index is 13.7. The van der Waals surface area contributed by atoms with Crippen molar-refractivity contribution in [2.75, 3.05) is 18.8 Å². The quantitative estimate of drug-likeness (QED) is 0.758. The van der Waals surface area contributed by atoms with E-state index in [9.17, 15) is 13.6 Å². The molecule has 3 N–H and O–H groups in total. The number of nitrogens with two attached hydrogens (primary N) is 1. The first-order valence-corrected chi connectivity index (χ1v) is 5.71. The molecule has 6 heteroatoms. The fourth-order valence-corrected chi connectivity index (χ4v) is 2.35. The Morgan fingerprint density at radius 3 is 2.22 bits per heavy atom. The lowest BCUT2D eigenvalue weighted by atomic mass is 9.88. The summed E-state index contributed by atoms with van der Waals surface area (Å²) in [5.74, 6) is -1.59. The van der Waals surface area contributed by atoms with Crippen molar-refractivity contribution in [1.29, 1.82) is 0 Å². The van der Waals surface area contributed by atoms with Crippen LogP contribution in [-0.4, -0.2) is 29.2 Å². The summed E-state index contributed by atoms with van der Waals surface area (Å²) in [4.78, 5) is 12.0. The van der Waals surface area contributed by atoms with Crippen molar-refractivity contribution >= 4 is 11.8 Å². The summed E-state index contributed by atoms with van der Waals surface area (Å²) < 4.78 is 27.4. The standard InChI is InChI=1S/C12H14F2N2O2/c13-9-5-8(15)6-10(14)11(9)7-1-3-16(4-2-7)12(17)18/h5-7H,1-4,15H2,(H,17,18).